The average molecular weight is 272 g/mol. The lowest BCUT2D eigenvalue weighted by Crippen LogP contribution is -2.09. The molecule has 0 amide bonds. The first kappa shape index (κ1) is 12.6. The van der Waals surface area contributed by atoms with Crippen LogP contribution in [0.1, 0.15) is 11.1 Å². The molecule has 0 fully saturated rings. The van der Waals surface area contributed by atoms with Gasteiger partial charge in [-0.05, 0) is 18.2 Å². The van der Waals surface area contributed by atoms with Crippen LogP contribution >= 0.6 is 11.6 Å². The Hall–Kier alpha value is -2.83. The molecule has 0 spiro atoms. The third kappa shape index (κ3) is 2.54. The molecule has 19 heavy (non-hydrogen) atoms. The molecule has 6 nitrogen and oxygen atoms in total. The molecule has 0 unspecified atom stereocenters. The highest BCUT2D eigenvalue weighted by atomic mass is 35.5. The van der Waals surface area contributed by atoms with Gasteiger partial charge in [0.1, 0.15) is 17.2 Å². The number of aromatic amines is 1. The van der Waals surface area contributed by atoms with Crippen molar-refractivity contribution in [2.45, 2.75) is 0 Å². The number of halogens is 1. The van der Waals surface area contributed by atoms with E-state index in [2.05, 4.69) is 15.3 Å². The van der Waals surface area contributed by atoms with Gasteiger partial charge >= 0.3 is 0 Å². The highest BCUT2D eigenvalue weighted by Crippen LogP contribution is 2.21. The Morgan fingerprint density at radius 1 is 1.26 bits per heavy atom. The predicted octanol–water partition coefficient (Wildman–Crippen LogP) is 1.91. The summed E-state index contributed by atoms with van der Waals surface area (Å²) >= 11 is 5.79. The van der Waals surface area contributed by atoms with Crippen LogP contribution in [0.3, 0.4) is 0 Å². The molecule has 2 rings (SSSR count). The van der Waals surface area contributed by atoms with Gasteiger partial charge in [0.05, 0.1) is 17.5 Å². The van der Waals surface area contributed by atoms with E-state index in [1.807, 2.05) is 12.1 Å². The summed E-state index contributed by atoms with van der Waals surface area (Å²) in [6, 6.07) is 8.41. The van der Waals surface area contributed by atoms with Gasteiger partial charge in [-0.3, -0.25) is 4.79 Å². The molecule has 2 aromatic rings. The minimum Gasteiger partial charge on any atom is -0.339 e. The lowest BCUT2D eigenvalue weighted by atomic mass is 10.1. The average Bonchev–Trinajstić information content (AvgIpc) is 2.43. The zero-order valence-corrected chi connectivity index (χ0v) is 10.2. The first-order chi connectivity index (χ1) is 9.15. The topological polar surface area (TPSA) is 105 Å². The largest absolute Gasteiger partial charge is 0.339 e. The molecular formula is C12H6ClN5O. The number of anilines is 2. The summed E-state index contributed by atoms with van der Waals surface area (Å²) in [5, 5.41) is 20.5. The number of benzene rings is 1. The Kier molecular flexibility index (Phi) is 3.46. The maximum Gasteiger partial charge on any atom is 0.271 e. The molecule has 1 aromatic carbocycles. The number of hydrogen-bond acceptors (Lipinski definition) is 5. The molecule has 0 aliphatic rings. The standard InChI is InChI=1S/C12H6ClN5O/c13-10-11(16-6-17-12(10)19)18-9-2-1-7(4-14)8(3-9)5-15/h1-3,6H,(H2,16,17,18,19). The highest BCUT2D eigenvalue weighted by Gasteiger charge is 2.08. The summed E-state index contributed by atoms with van der Waals surface area (Å²) in [4.78, 5) is 17.5. The molecule has 2 N–H and O–H groups in total. The van der Waals surface area contributed by atoms with Crippen LogP contribution in [0.25, 0.3) is 0 Å². The van der Waals surface area contributed by atoms with Gasteiger partial charge in [0.2, 0.25) is 0 Å². The highest BCUT2D eigenvalue weighted by molar-refractivity contribution is 6.32. The van der Waals surface area contributed by atoms with Crippen molar-refractivity contribution in [3.63, 3.8) is 0 Å². The van der Waals surface area contributed by atoms with Crippen molar-refractivity contribution in [1.29, 1.82) is 10.5 Å². The summed E-state index contributed by atoms with van der Waals surface area (Å²) in [5.74, 6) is 0.180. The van der Waals surface area contributed by atoms with E-state index in [0.717, 1.165) is 0 Å². The van der Waals surface area contributed by atoms with E-state index in [4.69, 9.17) is 22.1 Å². The maximum atomic E-state index is 11.3. The first-order valence-corrected chi connectivity index (χ1v) is 5.48. The molecule has 0 saturated heterocycles. The Balaban J connectivity index is 2.40. The fraction of sp³-hybridized carbons (Fsp3) is 0. The number of nitriles is 2. The van der Waals surface area contributed by atoms with Crippen molar-refractivity contribution in [3.05, 3.63) is 51.0 Å². The SMILES string of the molecule is N#Cc1ccc(Nc2nc[nH]c(=O)c2Cl)cc1C#N. The van der Waals surface area contributed by atoms with Crippen LogP contribution in [0.15, 0.2) is 29.3 Å². The van der Waals surface area contributed by atoms with E-state index >= 15 is 0 Å². The Bertz CT molecular complexity index is 769. The Labute approximate surface area is 112 Å². The zero-order chi connectivity index (χ0) is 13.8. The molecule has 0 aliphatic carbocycles. The fourth-order valence-corrected chi connectivity index (χ4v) is 1.57. The Morgan fingerprint density at radius 3 is 2.68 bits per heavy atom. The number of nitrogens with one attached hydrogen (secondary N) is 2. The van der Waals surface area contributed by atoms with Gasteiger partial charge in [-0.1, -0.05) is 11.6 Å². The van der Waals surface area contributed by atoms with E-state index in [9.17, 15) is 4.79 Å². The molecule has 0 radical (unpaired) electrons. The normalized spacial score (nSPS) is 9.42. The van der Waals surface area contributed by atoms with Crippen molar-refractivity contribution in [2.75, 3.05) is 5.32 Å². The van der Waals surface area contributed by atoms with E-state index in [0.29, 0.717) is 5.69 Å². The lowest BCUT2D eigenvalue weighted by molar-refractivity contribution is 1.12. The van der Waals surface area contributed by atoms with Crippen LogP contribution in [-0.4, -0.2) is 9.97 Å². The first-order valence-electron chi connectivity index (χ1n) is 5.10. The molecule has 0 saturated carbocycles. The maximum absolute atomic E-state index is 11.3. The van der Waals surface area contributed by atoms with Crippen LogP contribution < -0.4 is 10.9 Å². The molecular weight excluding hydrogens is 266 g/mol. The molecule has 0 bridgehead atoms. The monoisotopic (exact) mass is 271 g/mol. The molecule has 92 valence electrons. The van der Waals surface area contributed by atoms with Gasteiger partial charge in [0, 0.05) is 5.69 Å². The van der Waals surface area contributed by atoms with Gasteiger partial charge in [-0.2, -0.15) is 10.5 Å². The van der Waals surface area contributed by atoms with Crippen molar-refractivity contribution in [1.82, 2.24) is 9.97 Å². The second-order valence-corrected chi connectivity index (χ2v) is 3.88. The molecule has 7 heteroatoms. The summed E-state index contributed by atoms with van der Waals surface area (Å²) in [6.45, 7) is 0. The third-order valence-corrected chi connectivity index (χ3v) is 2.67. The van der Waals surface area contributed by atoms with Crippen molar-refractivity contribution in [3.8, 4) is 12.1 Å². The quantitative estimate of drug-likeness (QED) is 0.868. The van der Waals surface area contributed by atoms with Gasteiger partial charge in [0.25, 0.3) is 5.56 Å². The van der Waals surface area contributed by atoms with Crippen molar-refractivity contribution in [2.24, 2.45) is 0 Å². The van der Waals surface area contributed by atoms with Crippen LogP contribution in [0, 0.1) is 22.7 Å². The number of hydrogen-bond donors (Lipinski definition) is 2. The molecule has 1 heterocycles. The van der Waals surface area contributed by atoms with Gasteiger partial charge in [0.15, 0.2) is 5.82 Å². The van der Waals surface area contributed by atoms with E-state index in [-0.39, 0.29) is 22.0 Å². The van der Waals surface area contributed by atoms with Crippen LogP contribution in [0.2, 0.25) is 5.02 Å². The predicted molar refractivity (Wildman–Crippen MR) is 69.0 cm³/mol. The van der Waals surface area contributed by atoms with E-state index in [1.165, 1.54) is 18.5 Å². The second kappa shape index (κ2) is 5.21. The van der Waals surface area contributed by atoms with E-state index < -0.39 is 5.56 Å². The summed E-state index contributed by atoms with van der Waals surface area (Å²) in [5.41, 5.74) is 0.551. The van der Waals surface area contributed by atoms with Crippen molar-refractivity contribution >= 4 is 23.1 Å². The number of aromatic nitrogens is 2. The van der Waals surface area contributed by atoms with Crippen LogP contribution in [0.4, 0.5) is 11.5 Å². The van der Waals surface area contributed by atoms with Crippen LogP contribution in [0.5, 0.6) is 0 Å². The summed E-state index contributed by atoms with van der Waals surface area (Å²) in [7, 11) is 0. The number of rotatable bonds is 2. The molecule has 1 aromatic heterocycles. The third-order valence-electron chi connectivity index (χ3n) is 2.32. The molecule has 0 aliphatic heterocycles. The van der Waals surface area contributed by atoms with Gasteiger partial charge in [-0.15, -0.1) is 0 Å². The molecule has 0 atom stereocenters. The summed E-state index contributed by atoms with van der Waals surface area (Å²) in [6.07, 6.45) is 1.21. The number of H-pyrrole nitrogens is 1. The van der Waals surface area contributed by atoms with Crippen molar-refractivity contribution < 1.29 is 0 Å². The minimum absolute atomic E-state index is 0.0784. The van der Waals surface area contributed by atoms with Crippen LogP contribution in [-0.2, 0) is 0 Å². The lowest BCUT2D eigenvalue weighted by Gasteiger charge is -2.07. The minimum atomic E-state index is -0.465. The second-order valence-electron chi connectivity index (χ2n) is 3.50. The fourth-order valence-electron chi connectivity index (χ4n) is 1.42. The zero-order valence-electron chi connectivity index (χ0n) is 9.44. The van der Waals surface area contributed by atoms with Gasteiger partial charge < -0.3 is 10.3 Å². The summed E-state index contributed by atoms with van der Waals surface area (Å²) < 4.78 is 0. The van der Waals surface area contributed by atoms with Gasteiger partial charge in [-0.25, -0.2) is 4.98 Å². The smallest absolute Gasteiger partial charge is 0.271 e. The van der Waals surface area contributed by atoms with E-state index in [1.54, 1.807) is 6.07 Å². The Morgan fingerprint density at radius 2 is 2.00 bits per heavy atom. The number of nitrogens with zero attached hydrogens (tertiary/aromatic N) is 3.